The first-order valence-corrected chi connectivity index (χ1v) is 19.3. The highest BCUT2D eigenvalue weighted by molar-refractivity contribution is 7.26. The van der Waals surface area contributed by atoms with Crippen LogP contribution in [-0.2, 0) is 0 Å². The maximum atomic E-state index is 2.49. The Labute approximate surface area is 317 Å². The summed E-state index contributed by atoms with van der Waals surface area (Å²) in [5.74, 6) is 0. The van der Waals surface area contributed by atoms with Gasteiger partial charge in [-0.05, 0) is 96.4 Å². The first-order chi connectivity index (χ1) is 26.8. The van der Waals surface area contributed by atoms with E-state index >= 15 is 0 Å². The van der Waals surface area contributed by atoms with E-state index < -0.39 is 0 Å². The molecule has 0 aliphatic heterocycles. The average molecular weight is 704 g/mol. The Bertz CT molecular complexity index is 3210. The molecule has 1 nitrogen and oxygen atoms in total. The van der Waals surface area contributed by atoms with Crippen LogP contribution in [0.2, 0.25) is 0 Å². The summed E-state index contributed by atoms with van der Waals surface area (Å²) in [4.78, 5) is 2.49. The lowest BCUT2D eigenvalue weighted by Crippen LogP contribution is -2.11. The number of thiophene rings is 1. The van der Waals surface area contributed by atoms with Crippen molar-refractivity contribution in [3.05, 3.63) is 200 Å². The molecule has 0 radical (unpaired) electrons. The number of anilines is 3. The molecule has 11 aromatic rings. The summed E-state index contributed by atoms with van der Waals surface area (Å²) in [5, 5.41) is 12.7. The highest BCUT2D eigenvalue weighted by Gasteiger charge is 2.22. The largest absolute Gasteiger partial charge is 0.309 e. The van der Waals surface area contributed by atoms with Crippen LogP contribution in [-0.4, -0.2) is 0 Å². The van der Waals surface area contributed by atoms with Crippen LogP contribution in [0.25, 0.3) is 85.5 Å². The average Bonchev–Trinajstić information content (AvgIpc) is 3.64. The number of hydrogen-bond donors (Lipinski definition) is 0. The van der Waals surface area contributed by atoms with Crippen LogP contribution in [0.4, 0.5) is 17.1 Å². The van der Waals surface area contributed by atoms with Gasteiger partial charge in [0.25, 0.3) is 0 Å². The third-order valence-electron chi connectivity index (χ3n) is 11.0. The number of fused-ring (bicyclic) bond motifs is 9. The molecule has 10 aromatic carbocycles. The fourth-order valence-electron chi connectivity index (χ4n) is 8.55. The molecule has 0 spiro atoms. The number of rotatable bonds is 5. The molecule has 0 N–H and O–H groups in total. The van der Waals surface area contributed by atoms with Crippen LogP contribution < -0.4 is 4.90 Å². The zero-order chi connectivity index (χ0) is 35.6. The summed E-state index contributed by atoms with van der Waals surface area (Å²) >= 11 is 1.89. The molecule has 252 valence electrons. The van der Waals surface area contributed by atoms with Crippen molar-refractivity contribution in [2.75, 3.05) is 4.90 Å². The summed E-state index contributed by atoms with van der Waals surface area (Å²) in [6, 6.07) is 73.5. The molecular weight excluding hydrogens is 671 g/mol. The van der Waals surface area contributed by atoms with E-state index in [4.69, 9.17) is 0 Å². The van der Waals surface area contributed by atoms with Gasteiger partial charge >= 0.3 is 0 Å². The lowest BCUT2D eigenvalue weighted by atomic mass is 9.90. The minimum atomic E-state index is 1.12. The molecule has 0 aliphatic rings. The highest BCUT2D eigenvalue weighted by atomic mass is 32.1. The van der Waals surface area contributed by atoms with Crippen molar-refractivity contribution in [3.63, 3.8) is 0 Å². The monoisotopic (exact) mass is 703 g/mol. The van der Waals surface area contributed by atoms with Gasteiger partial charge in [0.2, 0.25) is 0 Å². The Morgan fingerprint density at radius 1 is 0.333 bits per heavy atom. The van der Waals surface area contributed by atoms with Gasteiger partial charge in [0.15, 0.2) is 0 Å². The van der Waals surface area contributed by atoms with Crippen LogP contribution >= 0.6 is 11.3 Å². The molecular formula is C52H33NS. The molecule has 0 bridgehead atoms. The van der Waals surface area contributed by atoms with E-state index in [9.17, 15) is 0 Å². The summed E-state index contributed by atoms with van der Waals surface area (Å²) in [5.41, 5.74) is 8.36. The predicted molar refractivity (Wildman–Crippen MR) is 235 cm³/mol. The van der Waals surface area contributed by atoms with Gasteiger partial charge in [-0.3, -0.25) is 0 Å². The summed E-state index contributed by atoms with van der Waals surface area (Å²) < 4.78 is 2.62. The molecule has 0 saturated carbocycles. The number of hydrogen-bond acceptors (Lipinski definition) is 2. The minimum absolute atomic E-state index is 1.12. The predicted octanol–water partition coefficient (Wildman–Crippen LogP) is 15.5. The first-order valence-electron chi connectivity index (χ1n) is 18.5. The SMILES string of the molecule is c1ccc(-c2ccc(N(c3ccc(-c4cc5ccccc5c5ccccc45)c4ccccc34)c3cccc4sc5c6ccccc6ccc5c34)cc2)cc1. The molecule has 0 atom stereocenters. The molecule has 0 saturated heterocycles. The Hall–Kier alpha value is -6.74. The maximum Gasteiger partial charge on any atom is 0.0555 e. The van der Waals surface area contributed by atoms with Crippen LogP contribution in [0, 0.1) is 0 Å². The highest BCUT2D eigenvalue weighted by Crippen LogP contribution is 2.49. The lowest BCUT2D eigenvalue weighted by molar-refractivity contribution is 1.32. The van der Waals surface area contributed by atoms with Gasteiger partial charge in [0.05, 0.1) is 11.4 Å². The Morgan fingerprint density at radius 2 is 0.963 bits per heavy atom. The Kier molecular flexibility index (Phi) is 7.11. The number of benzene rings is 10. The maximum absolute atomic E-state index is 2.49. The van der Waals surface area contributed by atoms with E-state index in [1.807, 2.05) is 11.3 Å². The van der Waals surface area contributed by atoms with Gasteiger partial charge in [0, 0.05) is 31.2 Å². The molecule has 0 amide bonds. The van der Waals surface area contributed by atoms with Crippen molar-refractivity contribution in [3.8, 4) is 22.3 Å². The van der Waals surface area contributed by atoms with Gasteiger partial charge in [0.1, 0.15) is 0 Å². The molecule has 1 heterocycles. The van der Waals surface area contributed by atoms with Gasteiger partial charge in [-0.1, -0.05) is 164 Å². The fraction of sp³-hybridized carbons (Fsp3) is 0. The second kappa shape index (κ2) is 12.4. The van der Waals surface area contributed by atoms with E-state index in [-0.39, 0.29) is 0 Å². The molecule has 1 aromatic heterocycles. The van der Waals surface area contributed by atoms with E-state index in [1.54, 1.807) is 0 Å². The zero-order valence-electron chi connectivity index (χ0n) is 29.4. The third kappa shape index (κ3) is 4.85. The smallest absolute Gasteiger partial charge is 0.0555 e. The number of nitrogens with zero attached hydrogens (tertiary/aromatic N) is 1. The lowest BCUT2D eigenvalue weighted by Gasteiger charge is -2.28. The molecule has 2 heteroatoms. The fourth-order valence-corrected chi connectivity index (χ4v) is 9.81. The third-order valence-corrected chi connectivity index (χ3v) is 12.2. The standard InChI is InChI=1S/C52H33NS/c1-2-13-34(14-3-1)35-25-28-38(29-26-35)53(49-23-12-24-50-51(49)46-30-27-36-15-4-7-18-40(36)52(46)54-50)48-32-31-44(42-20-10-11-22-45(42)48)47-33-37-16-5-6-17-39(37)41-19-8-9-21-43(41)47/h1-33H. The quantitative estimate of drug-likeness (QED) is 0.161. The summed E-state index contributed by atoms with van der Waals surface area (Å²) in [7, 11) is 0. The van der Waals surface area contributed by atoms with Gasteiger partial charge in [-0.2, -0.15) is 0 Å². The van der Waals surface area contributed by atoms with Gasteiger partial charge < -0.3 is 4.90 Å². The first kappa shape index (κ1) is 30.8. The normalized spacial score (nSPS) is 11.7. The van der Waals surface area contributed by atoms with E-state index in [1.165, 1.54) is 91.2 Å². The van der Waals surface area contributed by atoms with Crippen molar-refractivity contribution < 1.29 is 0 Å². The van der Waals surface area contributed by atoms with Crippen molar-refractivity contribution in [1.82, 2.24) is 0 Å². The second-order valence-corrected chi connectivity index (χ2v) is 15.1. The van der Waals surface area contributed by atoms with Gasteiger partial charge in [-0.25, -0.2) is 0 Å². The minimum Gasteiger partial charge on any atom is -0.309 e. The van der Waals surface area contributed by atoms with E-state index in [0.717, 1.165) is 11.4 Å². The van der Waals surface area contributed by atoms with E-state index in [2.05, 4.69) is 205 Å². The molecule has 11 rings (SSSR count). The van der Waals surface area contributed by atoms with Crippen LogP contribution in [0.3, 0.4) is 0 Å². The molecule has 0 unspecified atom stereocenters. The van der Waals surface area contributed by atoms with Crippen LogP contribution in [0.15, 0.2) is 200 Å². The van der Waals surface area contributed by atoms with Crippen LogP contribution in [0.1, 0.15) is 0 Å². The van der Waals surface area contributed by atoms with Gasteiger partial charge in [-0.15, -0.1) is 11.3 Å². The topological polar surface area (TPSA) is 3.24 Å². The Morgan fingerprint density at radius 3 is 1.76 bits per heavy atom. The van der Waals surface area contributed by atoms with Crippen LogP contribution in [0.5, 0.6) is 0 Å². The van der Waals surface area contributed by atoms with Crippen molar-refractivity contribution in [2.45, 2.75) is 0 Å². The molecule has 54 heavy (non-hydrogen) atoms. The van der Waals surface area contributed by atoms with Crippen molar-refractivity contribution in [2.24, 2.45) is 0 Å². The molecule has 0 fully saturated rings. The summed E-state index contributed by atoms with van der Waals surface area (Å²) in [6.07, 6.45) is 0. The van der Waals surface area contributed by atoms with Crippen molar-refractivity contribution >= 4 is 91.7 Å². The van der Waals surface area contributed by atoms with Crippen molar-refractivity contribution in [1.29, 1.82) is 0 Å². The van der Waals surface area contributed by atoms with E-state index in [0.29, 0.717) is 0 Å². The second-order valence-electron chi connectivity index (χ2n) is 14.0. The molecule has 0 aliphatic carbocycles. The summed E-state index contributed by atoms with van der Waals surface area (Å²) in [6.45, 7) is 0. The Balaban J connectivity index is 1.18. The zero-order valence-corrected chi connectivity index (χ0v) is 30.2.